The number of unbranched alkanes of at least 4 members (excludes halogenated alkanes) is 4. The van der Waals surface area contributed by atoms with Crippen LogP contribution in [0.4, 0.5) is 24.5 Å². The van der Waals surface area contributed by atoms with E-state index in [-0.39, 0.29) is 22.5 Å². The van der Waals surface area contributed by atoms with E-state index in [4.69, 9.17) is 18.0 Å². The summed E-state index contributed by atoms with van der Waals surface area (Å²) in [7, 11) is 1.53. The second kappa shape index (κ2) is 20.0. The van der Waals surface area contributed by atoms with E-state index in [2.05, 4.69) is 37.8 Å². The molecule has 0 heterocycles. The van der Waals surface area contributed by atoms with Gasteiger partial charge in [0.1, 0.15) is 5.82 Å². The number of allylic oxidation sites excluding steroid dienone is 1. The summed E-state index contributed by atoms with van der Waals surface area (Å²) in [4.78, 5) is 24.9. The lowest BCUT2D eigenvalue weighted by atomic mass is 10.1. The number of rotatable bonds is 19. The topological polar surface area (TPSA) is 93.3 Å². The number of quaternary nitrogens is 1. The number of amides is 2. The highest BCUT2D eigenvalue weighted by atomic mass is 127. The Hall–Kier alpha value is -2.31. The summed E-state index contributed by atoms with van der Waals surface area (Å²) in [5, 5.41) is 20.3. The zero-order valence-electron chi connectivity index (χ0n) is 25.0. The molecule has 3 N–H and O–H groups in total. The third kappa shape index (κ3) is 13.9. The monoisotopic (exact) mass is 824 g/mol. The number of hydrogen-bond acceptors (Lipinski definition) is 4. The average molecular weight is 826 g/mol. The molecule has 0 aliphatic rings. The van der Waals surface area contributed by atoms with Gasteiger partial charge in [-0.15, -0.1) is 23.9 Å². The zero-order chi connectivity index (χ0) is 33.4. The highest BCUT2D eigenvalue weighted by molar-refractivity contribution is 14.1. The van der Waals surface area contributed by atoms with Crippen LogP contribution in [0.5, 0.6) is 0 Å². The molecule has 0 fully saturated rings. The van der Waals surface area contributed by atoms with E-state index in [0.717, 1.165) is 31.4 Å². The minimum Gasteiger partial charge on any atom is -0.627 e. The maximum Gasteiger partial charge on any atom is 0.253 e. The highest BCUT2D eigenvalue weighted by Crippen LogP contribution is 2.29. The number of hydroxylamine groups is 3. The lowest BCUT2D eigenvalue weighted by Crippen LogP contribution is -2.35. The van der Waals surface area contributed by atoms with Crippen LogP contribution in [0.3, 0.4) is 0 Å². The molecular weight excluding hydrogens is 788 g/mol. The molecule has 2 aromatic rings. The van der Waals surface area contributed by atoms with Crippen molar-refractivity contribution in [2.24, 2.45) is 0 Å². The minimum atomic E-state index is -1.27. The van der Waals surface area contributed by atoms with Crippen LogP contribution in [0.1, 0.15) is 68.1 Å². The fraction of sp³-hybridized carbons (Fsp3) is 0.438. The Balaban J connectivity index is 1.65. The third-order valence-corrected chi connectivity index (χ3v) is 8.83. The molecule has 246 valence electrons. The van der Waals surface area contributed by atoms with E-state index in [9.17, 15) is 28.0 Å². The first-order chi connectivity index (χ1) is 21.4. The van der Waals surface area contributed by atoms with Gasteiger partial charge in [0.05, 0.1) is 35.9 Å². The fourth-order valence-electron chi connectivity index (χ4n) is 4.24. The molecule has 2 rings (SSSR count). The number of nitrogens with zero attached hydrogens (tertiary/aromatic N) is 1. The van der Waals surface area contributed by atoms with E-state index in [1.54, 1.807) is 12.1 Å². The standard InChI is InChI=1S/C32H38BrClF3IN4O3/c1-3-4-9-19-42(2,45)28(33)20-22(34)11-10-12-29(43)39-17-7-5-6-8-18-40-32(44)24-14-15-25(35)30(37)31(24)41-27-16-13-23(38)21-26(27)36/h1,13-16,20-22,41H,4-12,17-19H2,2H3,(H,39,43)(H,40,44)/b28-20+. The normalized spacial score (nSPS) is 13.4. The van der Waals surface area contributed by atoms with Crippen LogP contribution in [0, 0.1) is 38.6 Å². The molecule has 0 bridgehead atoms. The maximum atomic E-state index is 14.6. The molecule has 0 aliphatic heterocycles. The molecule has 0 saturated carbocycles. The highest BCUT2D eigenvalue weighted by Gasteiger charge is 2.20. The Morgan fingerprint density at radius 3 is 2.42 bits per heavy atom. The first-order valence-corrected chi connectivity index (χ1v) is 16.9. The Bertz CT molecular complexity index is 1370. The first-order valence-electron chi connectivity index (χ1n) is 14.6. The predicted molar refractivity (Wildman–Crippen MR) is 186 cm³/mol. The van der Waals surface area contributed by atoms with Crippen LogP contribution in [-0.2, 0) is 4.79 Å². The zero-order valence-corrected chi connectivity index (χ0v) is 29.5. The molecule has 0 aromatic heterocycles. The Morgan fingerprint density at radius 1 is 1.07 bits per heavy atom. The number of nitrogens with one attached hydrogen (secondary N) is 3. The second-order valence-corrected chi connectivity index (χ2v) is 13.2. The summed E-state index contributed by atoms with van der Waals surface area (Å²) in [5.74, 6) is -1.27. The molecule has 2 atom stereocenters. The summed E-state index contributed by atoms with van der Waals surface area (Å²) in [6.07, 6.45) is 12.5. The predicted octanol–water partition coefficient (Wildman–Crippen LogP) is 8.23. The molecular formula is C32H38BrClF3IN4O3. The van der Waals surface area contributed by atoms with Gasteiger partial charge in [0.25, 0.3) is 5.91 Å². The van der Waals surface area contributed by atoms with Gasteiger partial charge in [-0.05, 0) is 78.6 Å². The number of carbonyl (C=O) groups excluding carboxylic acids is 2. The van der Waals surface area contributed by atoms with Crippen LogP contribution in [0.15, 0.2) is 41.0 Å². The van der Waals surface area contributed by atoms with Crippen LogP contribution in [-0.4, -0.2) is 48.5 Å². The Kier molecular flexibility index (Phi) is 17.3. The summed E-state index contributed by atoms with van der Waals surface area (Å²) < 4.78 is 43.2. The summed E-state index contributed by atoms with van der Waals surface area (Å²) in [5.41, 5.74) is -0.663. The molecule has 13 heteroatoms. The molecule has 2 amide bonds. The minimum absolute atomic E-state index is 0.0750. The van der Waals surface area contributed by atoms with Gasteiger partial charge in [-0.2, -0.15) is 0 Å². The van der Waals surface area contributed by atoms with E-state index >= 15 is 0 Å². The molecule has 7 nitrogen and oxygen atoms in total. The van der Waals surface area contributed by atoms with Gasteiger partial charge in [-0.25, -0.2) is 13.2 Å². The van der Waals surface area contributed by atoms with Crippen LogP contribution < -0.4 is 16.0 Å². The quantitative estimate of drug-likeness (QED) is 0.0253. The van der Waals surface area contributed by atoms with Gasteiger partial charge in [-0.3, -0.25) is 9.59 Å². The molecule has 0 saturated heterocycles. The molecule has 2 aromatic carbocycles. The van der Waals surface area contributed by atoms with Crippen molar-refractivity contribution < 1.29 is 27.4 Å². The number of alkyl halides is 1. The van der Waals surface area contributed by atoms with Crippen molar-refractivity contribution in [2.75, 3.05) is 32.0 Å². The summed E-state index contributed by atoms with van der Waals surface area (Å²) in [6.45, 7) is 1.17. The number of halogens is 6. The third-order valence-electron chi connectivity index (χ3n) is 6.80. The van der Waals surface area contributed by atoms with Gasteiger partial charge in [-0.1, -0.05) is 12.8 Å². The van der Waals surface area contributed by atoms with Crippen LogP contribution in [0.25, 0.3) is 0 Å². The first kappa shape index (κ1) is 38.9. The number of carbonyl (C=O) groups is 2. The molecule has 2 unspecified atom stereocenters. The van der Waals surface area contributed by atoms with Gasteiger partial charge < -0.3 is 25.8 Å². The maximum absolute atomic E-state index is 14.6. The average Bonchev–Trinajstić information content (AvgIpc) is 2.98. The Morgan fingerprint density at radius 2 is 1.76 bits per heavy atom. The number of anilines is 2. The van der Waals surface area contributed by atoms with E-state index in [0.29, 0.717) is 66.3 Å². The summed E-state index contributed by atoms with van der Waals surface area (Å²) in [6, 6.07) is 6.22. The van der Waals surface area contributed by atoms with E-state index < -0.39 is 33.7 Å². The van der Waals surface area contributed by atoms with Gasteiger partial charge in [0.2, 0.25) is 5.91 Å². The van der Waals surface area contributed by atoms with Crippen molar-refractivity contribution in [3.63, 3.8) is 0 Å². The molecule has 0 radical (unpaired) electrons. The van der Waals surface area contributed by atoms with Crippen molar-refractivity contribution >= 4 is 73.3 Å². The van der Waals surface area contributed by atoms with Crippen LogP contribution in [0.2, 0.25) is 0 Å². The largest absolute Gasteiger partial charge is 0.627 e. The number of hydrogen-bond donors (Lipinski definition) is 3. The van der Waals surface area contributed by atoms with Crippen molar-refractivity contribution in [1.82, 2.24) is 10.6 Å². The SMILES string of the molecule is C#CCCC[N+](C)([O-])/C(Br)=C/C(Cl)CCCC(=O)NCCCCCCNC(=O)c1ccc(F)c(F)c1Nc1ccc(I)cc1F. The van der Waals surface area contributed by atoms with Gasteiger partial charge in [0, 0.05) is 57.9 Å². The lowest BCUT2D eigenvalue weighted by molar-refractivity contribution is -0.812. The molecule has 45 heavy (non-hydrogen) atoms. The molecule has 0 aliphatic carbocycles. The van der Waals surface area contributed by atoms with E-state index in [1.807, 2.05) is 22.6 Å². The van der Waals surface area contributed by atoms with Crippen LogP contribution >= 0.6 is 50.1 Å². The van der Waals surface area contributed by atoms with Gasteiger partial charge in [0.15, 0.2) is 16.2 Å². The fourth-order valence-corrected chi connectivity index (χ4v) is 5.62. The summed E-state index contributed by atoms with van der Waals surface area (Å²) >= 11 is 11.6. The smallest absolute Gasteiger partial charge is 0.253 e. The lowest BCUT2D eigenvalue weighted by Gasteiger charge is -2.37. The number of benzene rings is 2. The van der Waals surface area contributed by atoms with E-state index in [1.165, 1.54) is 19.2 Å². The van der Waals surface area contributed by atoms with Gasteiger partial charge >= 0.3 is 0 Å². The second-order valence-electron chi connectivity index (χ2n) is 10.6. The Labute approximate surface area is 290 Å². The van der Waals surface area contributed by atoms with Crippen molar-refractivity contribution in [3.05, 3.63) is 72.8 Å². The number of terminal acetylenes is 1. The van der Waals surface area contributed by atoms with Crippen molar-refractivity contribution in [1.29, 1.82) is 0 Å². The van der Waals surface area contributed by atoms with Crippen molar-refractivity contribution in [3.8, 4) is 12.3 Å². The van der Waals surface area contributed by atoms with Crippen molar-refractivity contribution in [2.45, 2.75) is 63.2 Å². The molecule has 0 spiro atoms.